The summed E-state index contributed by atoms with van der Waals surface area (Å²) in [7, 11) is 1.54. The fraction of sp³-hybridized carbons (Fsp3) is 0.200. The predicted octanol–water partition coefficient (Wildman–Crippen LogP) is 1.66. The van der Waals surface area contributed by atoms with Gasteiger partial charge in [-0.15, -0.1) is 0 Å². The van der Waals surface area contributed by atoms with Crippen LogP contribution < -0.4 is 15.6 Å². The number of nitrogens with zero attached hydrogens (tertiary/aromatic N) is 1. The Hall–Kier alpha value is -2.92. The molecule has 116 valence electrons. The summed E-state index contributed by atoms with van der Waals surface area (Å²) in [5, 5.41) is 11.9. The maximum atomic E-state index is 12.3. The molecule has 1 aromatic heterocycles. The van der Waals surface area contributed by atoms with Crippen LogP contribution >= 0.6 is 12.2 Å². The molecule has 0 radical (unpaired) electrons. The van der Waals surface area contributed by atoms with Gasteiger partial charge in [0, 0.05) is 5.92 Å². The van der Waals surface area contributed by atoms with Crippen molar-refractivity contribution in [2.75, 3.05) is 12.4 Å². The number of amides is 1. The second-order valence-electron chi connectivity index (χ2n) is 5.04. The number of fused-ring (bicyclic) bond motifs is 1. The molecule has 0 bridgehead atoms. The highest BCUT2D eigenvalue weighted by molar-refractivity contribution is 7.71. The Morgan fingerprint density at radius 1 is 1.22 bits per heavy atom. The van der Waals surface area contributed by atoms with Gasteiger partial charge in [-0.2, -0.15) is 5.26 Å². The van der Waals surface area contributed by atoms with Crippen molar-refractivity contribution in [3.8, 4) is 11.8 Å². The van der Waals surface area contributed by atoms with E-state index in [1.807, 2.05) is 6.07 Å². The maximum Gasteiger partial charge on any atom is 0.257 e. The molecular weight excluding hydrogens is 316 g/mol. The van der Waals surface area contributed by atoms with Gasteiger partial charge < -0.3 is 15.0 Å². The van der Waals surface area contributed by atoms with Crippen molar-refractivity contribution in [2.45, 2.75) is 5.92 Å². The summed E-state index contributed by atoms with van der Waals surface area (Å²) in [6, 6.07) is 8.88. The molecule has 7 nitrogen and oxygen atoms in total. The van der Waals surface area contributed by atoms with Crippen molar-refractivity contribution < 1.29 is 9.53 Å². The van der Waals surface area contributed by atoms with Crippen LogP contribution in [0.25, 0.3) is 0 Å². The summed E-state index contributed by atoms with van der Waals surface area (Å²) in [5.74, 6) is -1.30. The van der Waals surface area contributed by atoms with Gasteiger partial charge in [0.15, 0.2) is 4.77 Å². The quantitative estimate of drug-likeness (QED) is 0.726. The molecule has 3 N–H and O–H groups in total. The Morgan fingerprint density at radius 3 is 2.52 bits per heavy atom. The summed E-state index contributed by atoms with van der Waals surface area (Å²) >= 11 is 4.93. The maximum absolute atomic E-state index is 12.3. The number of nitrogens with one attached hydrogen (secondary N) is 3. The van der Waals surface area contributed by atoms with E-state index in [0.717, 1.165) is 0 Å². The van der Waals surface area contributed by atoms with Gasteiger partial charge in [0.25, 0.3) is 5.56 Å². The van der Waals surface area contributed by atoms with E-state index in [0.29, 0.717) is 11.3 Å². The molecule has 0 spiro atoms. The van der Waals surface area contributed by atoms with Crippen LogP contribution in [0.15, 0.2) is 29.1 Å². The average molecular weight is 328 g/mol. The number of carbonyl (C=O) groups is 1. The third kappa shape index (κ3) is 2.51. The molecule has 23 heavy (non-hydrogen) atoms. The molecule has 8 heteroatoms. The van der Waals surface area contributed by atoms with Crippen molar-refractivity contribution >= 4 is 23.9 Å². The largest absolute Gasteiger partial charge is 0.497 e. The minimum Gasteiger partial charge on any atom is -0.497 e. The Bertz CT molecular complexity index is 923. The van der Waals surface area contributed by atoms with Gasteiger partial charge in [-0.05, 0) is 29.9 Å². The van der Waals surface area contributed by atoms with Crippen molar-refractivity contribution in [3.63, 3.8) is 0 Å². The molecule has 2 atom stereocenters. The molecule has 0 aliphatic carbocycles. The van der Waals surface area contributed by atoms with E-state index >= 15 is 0 Å². The van der Waals surface area contributed by atoms with Gasteiger partial charge >= 0.3 is 0 Å². The lowest BCUT2D eigenvalue weighted by molar-refractivity contribution is -0.119. The van der Waals surface area contributed by atoms with Gasteiger partial charge in [0.05, 0.1) is 18.7 Å². The van der Waals surface area contributed by atoms with Crippen LogP contribution in [0.2, 0.25) is 0 Å². The van der Waals surface area contributed by atoms with Crippen LogP contribution in [0, 0.1) is 22.0 Å². The molecule has 1 aliphatic heterocycles. The lowest BCUT2D eigenvalue weighted by atomic mass is 9.79. The zero-order valence-corrected chi connectivity index (χ0v) is 12.9. The van der Waals surface area contributed by atoms with E-state index in [2.05, 4.69) is 15.3 Å². The van der Waals surface area contributed by atoms with Gasteiger partial charge in [0.2, 0.25) is 5.91 Å². The van der Waals surface area contributed by atoms with Crippen molar-refractivity contribution in [1.82, 2.24) is 9.97 Å². The smallest absolute Gasteiger partial charge is 0.257 e. The van der Waals surface area contributed by atoms with Gasteiger partial charge in [0.1, 0.15) is 17.5 Å². The number of ether oxygens (including phenoxy) is 1. The molecule has 0 unspecified atom stereocenters. The minimum atomic E-state index is -1.01. The summed E-state index contributed by atoms with van der Waals surface area (Å²) in [5.41, 5.74) is 0.532. The Balaban J connectivity index is 2.24. The van der Waals surface area contributed by atoms with Crippen molar-refractivity contribution in [2.24, 2.45) is 5.92 Å². The van der Waals surface area contributed by atoms with Crippen molar-refractivity contribution in [3.05, 3.63) is 50.5 Å². The number of hydrogen-bond donors (Lipinski definition) is 3. The first kappa shape index (κ1) is 15.0. The number of benzene rings is 1. The van der Waals surface area contributed by atoms with E-state index in [1.54, 1.807) is 31.4 Å². The van der Waals surface area contributed by atoms with Gasteiger partial charge in [-0.25, -0.2) is 0 Å². The molecule has 1 aliphatic rings. The molecule has 2 aromatic rings. The fourth-order valence-electron chi connectivity index (χ4n) is 2.71. The van der Waals surface area contributed by atoms with Gasteiger partial charge in [-0.3, -0.25) is 14.6 Å². The Morgan fingerprint density at radius 2 is 1.91 bits per heavy atom. The molecule has 3 rings (SSSR count). The second-order valence-corrected chi connectivity index (χ2v) is 5.45. The highest BCUT2D eigenvalue weighted by Crippen LogP contribution is 2.37. The molecule has 0 fully saturated rings. The standard InChI is InChI=1S/C15H12N4O3S/c1-22-8-4-2-7(3-5-8)10-9(6-16)13(20)17-12-11(10)14(21)19-15(23)18-12/h2-5,9-10H,1H3,(H3,17,18,19,20,21,23)/t9-,10+/m1/s1. The third-order valence-electron chi connectivity index (χ3n) is 3.77. The van der Waals surface area contributed by atoms with Crippen LogP contribution in [0.1, 0.15) is 17.0 Å². The van der Waals surface area contributed by atoms with Crippen LogP contribution in [0.5, 0.6) is 5.75 Å². The molecule has 1 amide bonds. The summed E-state index contributed by atoms with van der Waals surface area (Å²) < 4.78 is 5.22. The van der Waals surface area contributed by atoms with E-state index in [-0.39, 0.29) is 16.2 Å². The van der Waals surface area contributed by atoms with Crippen LogP contribution in [-0.4, -0.2) is 23.0 Å². The minimum absolute atomic E-state index is 0.109. The molecule has 2 heterocycles. The van der Waals surface area contributed by atoms with E-state index in [4.69, 9.17) is 17.0 Å². The number of aromatic amines is 2. The number of aromatic nitrogens is 2. The number of anilines is 1. The molecule has 1 aromatic carbocycles. The summed E-state index contributed by atoms with van der Waals surface area (Å²) in [6.07, 6.45) is 0. The van der Waals surface area contributed by atoms with E-state index < -0.39 is 23.3 Å². The fourth-order valence-corrected chi connectivity index (χ4v) is 2.91. The first-order chi connectivity index (χ1) is 11.0. The van der Waals surface area contributed by atoms with Crippen LogP contribution in [0.4, 0.5) is 5.82 Å². The van der Waals surface area contributed by atoms with E-state index in [1.165, 1.54) is 0 Å². The SMILES string of the molecule is COc1ccc([C@@H]2c3c([nH]c(=S)[nH]c3=O)NC(=O)[C@@H]2C#N)cc1. The van der Waals surface area contributed by atoms with E-state index in [9.17, 15) is 14.9 Å². The number of nitriles is 1. The van der Waals surface area contributed by atoms with Crippen LogP contribution in [-0.2, 0) is 4.79 Å². The Kier molecular flexibility index (Phi) is 3.72. The first-order valence-electron chi connectivity index (χ1n) is 6.76. The predicted molar refractivity (Wildman–Crippen MR) is 84.8 cm³/mol. The molecular formula is C15H12N4O3S. The zero-order valence-electron chi connectivity index (χ0n) is 12.0. The highest BCUT2D eigenvalue weighted by atomic mass is 32.1. The normalized spacial score (nSPS) is 19.4. The van der Waals surface area contributed by atoms with Gasteiger partial charge in [-0.1, -0.05) is 12.1 Å². The van der Waals surface area contributed by atoms with Crippen molar-refractivity contribution in [1.29, 1.82) is 5.26 Å². The number of rotatable bonds is 2. The highest BCUT2D eigenvalue weighted by Gasteiger charge is 2.39. The summed E-state index contributed by atoms with van der Waals surface area (Å²) in [6.45, 7) is 0. The third-order valence-corrected chi connectivity index (χ3v) is 3.97. The first-order valence-corrected chi connectivity index (χ1v) is 7.17. The molecule has 0 saturated heterocycles. The number of hydrogen-bond acceptors (Lipinski definition) is 5. The second kappa shape index (κ2) is 5.70. The average Bonchev–Trinajstić information content (AvgIpc) is 2.53. The number of H-pyrrole nitrogens is 2. The monoisotopic (exact) mass is 328 g/mol. The lowest BCUT2D eigenvalue weighted by Gasteiger charge is -2.28. The lowest BCUT2D eigenvalue weighted by Crippen LogP contribution is -2.38. The number of methoxy groups -OCH3 is 1. The summed E-state index contributed by atoms with van der Waals surface area (Å²) in [4.78, 5) is 29.8. The number of carbonyl (C=O) groups excluding carboxylic acids is 1. The van der Waals surface area contributed by atoms with Crippen LogP contribution in [0.3, 0.4) is 0 Å². The topological polar surface area (TPSA) is 111 Å². The molecule has 0 saturated carbocycles. The Labute approximate surface area is 135 Å². The zero-order chi connectivity index (χ0) is 16.6.